The monoisotopic (exact) mass is 262 g/mol. The minimum absolute atomic E-state index is 0.175. The predicted molar refractivity (Wildman–Crippen MR) is 75.3 cm³/mol. The van der Waals surface area contributed by atoms with Crippen LogP contribution in [0.15, 0.2) is 24.3 Å². The average Bonchev–Trinajstić information content (AvgIpc) is 2.45. The van der Waals surface area contributed by atoms with Crippen molar-refractivity contribution in [3.63, 3.8) is 0 Å². The Hall–Kier alpha value is -1.64. The zero-order valence-corrected chi connectivity index (χ0v) is 11.8. The molecule has 104 valence electrons. The van der Waals surface area contributed by atoms with Gasteiger partial charge in [0.15, 0.2) is 5.78 Å². The fraction of sp³-hybridized carbons (Fsp3) is 0.500. The molecule has 3 nitrogen and oxygen atoms in total. The van der Waals surface area contributed by atoms with Gasteiger partial charge in [-0.1, -0.05) is 44.0 Å². The van der Waals surface area contributed by atoms with Crippen LogP contribution in [0.3, 0.4) is 0 Å². The maximum Gasteiger partial charge on any atom is 0.305 e. The highest BCUT2D eigenvalue weighted by Gasteiger charge is 2.11. The van der Waals surface area contributed by atoms with Gasteiger partial charge in [-0.25, -0.2) is 0 Å². The van der Waals surface area contributed by atoms with Crippen molar-refractivity contribution < 1.29 is 14.3 Å². The maximum atomic E-state index is 12.1. The van der Waals surface area contributed by atoms with Gasteiger partial charge in [-0.05, 0) is 18.4 Å². The Morgan fingerprint density at radius 2 is 1.84 bits per heavy atom. The molecule has 0 aliphatic heterocycles. The molecule has 19 heavy (non-hydrogen) atoms. The highest BCUT2D eigenvalue weighted by atomic mass is 16.5. The van der Waals surface area contributed by atoms with E-state index in [1.165, 1.54) is 7.11 Å². The maximum absolute atomic E-state index is 12.1. The molecule has 0 aliphatic rings. The van der Waals surface area contributed by atoms with Crippen LogP contribution in [0.2, 0.25) is 0 Å². The first-order valence-electron chi connectivity index (χ1n) is 6.87. The summed E-state index contributed by atoms with van der Waals surface area (Å²) in [5.41, 5.74) is 1.69. The van der Waals surface area contributed by atoms with Crippen LogP contribution in [0.4, 0.5) is 0 Å². The molecule has 0 radical (unpaired) electrons. The Morgan fingerprint density at radius 1 is 1.11 bits per heavy atom. The SMILES string of the molecule is CCCCCC(=O)c1ccccc1CCC(=O)OC. The van der Waals surface area contributed by atoms with Crippen molar-refractivity contribution >= 4 is 11.8 Å². The number of esters is 1. The highest BCUT2D eigenvalue weighted by molar-refractivity contribution is 5.97. The van der Waals surface area contributed by atoms with E-state index in [9.17, 15) is 9.59 Å². The summed E-state index contributed by atoms with van der Waals surface area (Å²) < 4.78 is 4.63. The smallest absolute Gasteiger partial charge is 0.305 e. The molecule has 1 aromatic carbocycles. The van der Waals surface area contributed by atoms with E-state index in [1.807, 2.05) is 24.3 Å². The van der Waals surface area contributed by atoms with Gasteiger partial charge < -0.3 is 4.74 Å². The average molecular weight is 262 g/mol. The summed E-state index contributed by atoms with van der Waals surface area (Å²) in [6, 6.07) is 7.53. The summed E-state index contributed by atoms with van der Waals surface area (Å²) in [6.45, 7) is 2.12. The third-order valence-electron chi connectivity index (χ3n) is 3.15. The van der Waals surface area contributed by atoms with Gasteiger partial charge >= 0.3 is 5.97 Å². The quantitative estimate of drug-likeness (QED) is 0.409. The Labute approximate surface area is 115 Å². The fourth-order valence-electron chi connectivity index (χ4n) is 2.02. The van der Waals surface area contributed by atoms with Crippen LogP contribution in [-0.2, 0) is 16.0 Å². The Morgan fingerprint density at radius 3 is 2.53 bits per heavy atom. The van der Waals surface area contributed by atoms with E-state index in [4.69, 9.17) is 0 Å². The van der Waals surface area contributed by atoms with Gasteiger partial charge in [0.05, 0.1) is 7.11 Å². The molecule has 0 unspecified atom stereocenters. The number of ketones is 1. The van der Waals surface area contributed by atoms with Gasteiger partial charge in [0.1, 0.15) is 0 Å². The van der Waals surface area contributed by atoms with Crippen LogP contribution < -0.4 is 0 Å². The second kappa shape index (κ2) is 8.46. The van der Waals surface area contributed by atoms with Gasteiger partial charge in [0.25, 0.3) is 0 Å². The van der Waals surface area contributed by atoms with Gasteiger partial charge in [-0.15, -0.1) is 0 Å². The van der Waals surface area contributed by atoms with E-state index in [0.717, 1.165) is 30.4 Å². The number of methoxy groups -OCH3 is 1. The van der Waals surface area contributed by atoms with Crippen molar-refractivity contribution in [3.8, 4) is 0 Å². The second-order valence-electron chi connectivity index (χ2n) is 4.61. The predicted octanol–water partition coefficient (Wildman–Crippen LogP) is 3.56. The normalized spacial score (nSPS) is 10.2. The number of benzene rings is 1. The number of carbonyl (C=O) groups is 2. The first kappa shape index (κ1) is 15.4. The lowest BCUT2D eigenvalue weighted by Gasteiger charge is -2.08. The lowest BCUT2D eigenvalue weighted by molar-refractivity contribution is -0.140. The molecule has 0 spiro atoms. The van der Waals surface area contributed by atoms with Crippen LogP contribution in [0, 0.1) is 0 Å². The molecule has 1 rings (SSSR count). The summed E-state index contributed by atoms with van der Waals surface area (Å²) in [6.07, 6.45) is 4.58. The minimum Gasteiger partial charge on any atom is -0.469 e. The number of rotatable bonds is 8. The first-order chi connectivity index (χ1) is 9.19. The van der Waals surface area contributed by atoms with E-state index in [1.54, 1.807) is 0 Å². The van der Waals surface area contributed by atoms with Crippen LogP contribution in [-0.4, -0.2) is 18.9 Å². The number of carbonyl (C=O) groups excluding carboxylic acids is 2. The third-order valence-corrected chi connectivity index (χ3v) is 3.15. The Kier molecular flexibility index (Phi) is 6.86. The van der Waals surface area contributed by atoms with Crippen LogP contribution in [0.5, 0.6) is 0 Å². The lowest BCUT2D eigenvalue weighted by Crippen LogP contribution is -2.07. The van der Waals surface area contributed by atoms with E-state index < -0.39 is 0 Å². The summed E-state index contributed by atoms with van der Waals surface area (Å²) >= 11 is 0. The van der Waals surface area contributed by atoms with Crippen molar-refractivity contribution in [3.05, 3.63) is 35.4 Å². The second-order valence-corrected chi connectivity index (χ2v) is 4.61. The largest absolute Gasteiger partial charge is 0.469 e. The van der Waals surface area contributed by atoms with Crippen molar-refractivity contribution in [2.75, 3.05) is 7.11 Å². The van der Waals surface area contributed by atoms with Crippen molar-refractivity contribution in [1.82, 2.24) is 0 Å². The highest BCUT2D eigenvalue weighted by Crippen LogP contribution is 2.15. The molecule has 0 aromatic heterocycles. The summed E-state index contributed by atoms with van der Waals surface area (Å²) in [4.78, 5) is 23.3. The third kappa shape index (κ3) is 5.25. The molecule has 1 aromatic rings. The van der Waals surface area contributed by atoms with Gasteiger partial charge in [-0.3, -0.25) is 9.59 Å². The molecule has 0 N–H and O–H groups in total. The number of hydrogen-bond donors (Lipinski definition) is 0. The molecule has 0 saturated carbocycles. The molecule has 0 aliphatic carbocycles. The first-order valence-corrected chi connectivity index (χ1v) is 6.87. The van der Waals surface area contributed by atoms with Crippen molar-refractivity contribution in [2.45, 2.75) is 45.4 Å². The molecule has 0 heterocycles. The standard InChI is InChI=1S/C16H22O3/c1-3-4-5-10-15(17)14-9-7-6-8-13(14)11-12-16(18)19-2/h6-9H,3-5,10-12H2,1-2H3. The summed E-state index contributed by atoms with van der Waals surface area (Å²) in [7, 11) is 1.38. The van der Waals surface area contributed by atoms with Crippen LogP contribution in [0.25, 0.3) is 0 Å². The van der Waals surface area contributed by atoms with E-state index in [0.29, 0.717) is 19.3 Å². The number of ether oxygens (including phenoxy) is 1. The molecule has 0 saturated heterocycles. The Bertz CT molecular complexity index is 424. The fourth-order valence-corrected chi connectivity index (χ4v) is 2.02. The van der Waals surface area contributed by atoms with Crippen LogP contribution in [0.1, 0.15) is 54.9 Å². The lowest BCUT2D eigenvalue weighted by atomic mass is 9.97. The summed E-state index contributed by atoms with van der Waals surface area (Å²) in [5.74, 6) is -0.0675. The van der Waals surface area contributed by atoms with E-state index >= 15 is 0 Å². The minimum atomic E-state index is -0.242. The van der Waals surface area contributed by atoms with E-state index in [2.05, 4.69) is 11.7 Å². The molecule has 3 heteroatoms. The molecule has 0 fully saturated rings. The van der Waals surface area contributed by atoms with E-state index in [-0.39, 0.29) is 11.8 Å². The molecular formula is C16H22O3. The number of unbranched alkanes of at least 4 members (excludes halogenated alkanes) is 2. The molecule has 0 atom stereocenters. The van der Waals surface area contributed by atoms with Crippen molar-refractivity contribution in [1.29, 1.82) is 0 Å². The van der Waals surface area contributed by atoms with Gasteiger partial charge in [0.2, 0.25) is 0 Å². The zero-order valence-electron chi connectivity index (χ0n) is 11.8. The molecule has 0 bridgehead atoms. The Balaban J connectivity index is 2.66. The molecule has 0 amide bonds. The number of aryl methyl sites for hydroxylation is 1. The summed E-state index contributed by atoms with van der Waals surface area (Å²) in [5, 5.41) is 0. The molecular weight excluding hydrogens is 240 g/mol. The number of Topliss-reactive ketones (excluding diaryl/α,β-unsaturated/α-hetero) is 1. The topological polar surface area (TPSA) is 43.4 Å². The van der Waals surface area contributed by atoms with Crippen LogP contribution >= 0.6 is 0 Å². The zero-order chi connectivity index (χ0) is 14.1. The van der Waals surface area contributed by atoms with Gasteiger partial charge in [0, 0.05) is 18.4 Å². The van der Waals surface area contributed by atoms with Crippen molar-refractivity contribution in [2.24, 2.45) is 0 Å². The number of hydrogen-bond acceptors (Lipinski definition) is 3. The van der Waals surface area contributed by atoms with Gasteiger partial charge in [-0.2, -0.15) is 0 Å².